The molecule has 4 rings (SSSR count). The molecule has 1 atom stereocenters. The molecule has 0 spiro atoms. The smallest absolute Gasteiger partial charge is 0.127 e. The van der Waals surface area contributed by atoms with Crippen molar-refractivity contribution in [2.75, 3.05) is 39.1 Å². The molecule has 0 saturated carbocycles. The number of nitrogens with zero attached hydrogens (tertiary/aromatic N) is 2. The molecule has 194 valence electrons. The van der Waals surface area contributed by atoms with Crippen LogP contribution in [-0.4, -0.2) is 54.1 Å². The number of hydrogen-bond donors (Lipinski definition) is 1. The Morgan fingerprint density at radius 3 is 2.61 bits per heavy atom. The fraction of sp³-hybridized carbons (Fsp3) is 0.464. The normalized spacial score (nSPS) is 16.8. The number of rotatable bonds is 11. The summed E-state index contributed by atoms with van der Waals surface area (Å²) in [5.74, 6) is 1.70. The molecule has 8 heteroatoms. The molecule has 1 unspecified atom stereocenters. The summed E-state index contributed by atoms with van der Waals surface area (Å²) in [5, 5.41) is 12.0. The van der Waals surface area contributed by atoms with Crippen LogP contribution in [0.2, 0.25) is 10.0 Å². The second-order valence-electron chi connectivity index (χ2n) is 9.56. The molecule has 2 heterocycles. The number of fused-ring (bicyclic) bond motifs is 1. The van der Waals surface area contributed by atoms with E-state index in [2.05, 4.69) is 22.0 Å². The molecular weight excluding hydrogens is 518 g/mol. The second-order valence-corrected chi connectivity index (χ2v) is 11.6. The lowest BCUT2D eigenvalue weighted by molar-refractivity contribution is 0.0304. The van der Waals surface area contributed by atoms with E-state index in [-0.39, 0.29) is 12.0 Å². The van der Waals surface area contributed by atoms with Crippen molar-refractivity contribution >= 4 is 45.9 Å². The number of pyridine rings is 1. The van der Waals surface area contributed by atoms with Gasteiger partial charge >= 0.3 is 0 Å². The standard InChI is InChI=1S/C28H33Cl2FN2O2S/c1-35-21-5-8-26-23(17-21)27(24(30)18-32-26)25(31)9-10-28(19-34)11-14-33(15-12-28)13-2-16-36-22-6-3-20(29)4-7-22/h3-8,17-18,25,34H,2,9-16,19H2,1H3. The van der Waals surface area contributed by atoms with Crippen LogP contribution >= 0.6 is 35.0 Å². The van der Waals surface area contributed by atoms with Crippen LogP contribution in [-0.2, 0) is 0 Å². The largest absolute Gasteiger partial charge is 0.497 e. The summed E-state index contributed by atoms with van der Waals surface area (Å²) in [6, 6.07) is 13.4. The quantitative estimate of drug-likeness (QED) is 0.196. The minimum absolute atomic E-state index is 0.0820. The highest BCUT2D eigenvalue weighted by Gasteiger charge is 2.35. The molecule has 36 heavy (non-hydrogen) atoms. The highest BCUT2D eigenvalue weighted by molar-refractivity contribution is 7.99. The van der Waals surface area contributed by atoms with Gasteiger partial charge in [-0.2, -0.15) is 0 Å². The molecule has 0 amide bonds. The van der Waals surface area contributed by atoms with Crippen LogP contribution in [0.4, 0.5) is 4.39 Å². The first-order chi connectivity index (χ1) is 17.4. The van der Waals surface area contributed by atoms with Crippen molar-refractivity contribution in [1.82, 2.24) is 9.88 Å². The number of hydrogen-bond acceptors (Lipinski definition) is 5. The zero-order valence-electron chi connectivity index (χ0n) is 20.6. The number of likely N-dealkylation sites (tertiary alicyclic amines) is 1. The van der Waals surface area contributed by atoms with E-state index in [9.17, 15) is 5.11 Å². The Balaban J connectivity index is 1.29. The highest BCUT2D eigenvalue weighted by atomic mass is 35.5. The van der Waals surface area contributed by atoms with Gasteiger partial charge in [0.15, 0.2) is 0 Å². The van der Waals surface area contributed by atoms with Crippen LogP contribution in [0.25, 0.3) is 10.9 Å². The van der Waals surface area contributed by atoms with E-state index in [1.54, 1.807) is 13.2 Å². The summed E-state index contributed by atoms with van der Waals surface area (Å²) in [4.78, 5) is 8.03. The van der Waals surface area contributed by atoms with Crippen LogP contribution in [0.3, 0.4) is 0 Å². The van der Waals surface area contributed by atoms with Crippen LogP contribution in [0.5, 0.6) is 5.75 Å². The van der Waals surface area contributed by atoms with Crippen LogP contribution in [0, 0.1) is 5.41 Å². The molecule has 4 nitrogen and oxygen atoms in total. The van der Waals surface area contributed by atoms with E-state index in [0.717, 1.165) is 49.7 Å². The van der Waals surface area contributed by atoms with Crippen molar-refractivity contribution in [3.8, 4) is 5.75 Å². The van der Waals surface area contributed by atoms with Gasteiger partial charge in [-0.05, 0) is 105 Å². The molecule has 1 fully saturated rings. The fourth-order valence-corrected chi connectivity index (χ4v) is 6.17. The first kappa shape index (κ1) is 27.5. The molecule has 0 bridgehead atoms. The molecule has 3 aromatic rings. The van der Waals surface area contributed by atoms with Crippen molar-refractivity contribution in [1.29, 1.82) is 0 Å². The maximum atomic E-state index is 15.6. The minimum Gasteiger partial charge on any atom is -0.497 e. The topological polar surface area (TPSA) is 45.6 Å². The average Bonchev–Trinajstić information content (AvgIpc) is 2.91. The summed E-state index contributed by atoms with van der Waals surface area (Å²) in [7, 11) is 1.58. The first-order valence-electron chi connectivity index (χ1n) is 12.4. The number of halogens is 3. The molecule has 0 aliphatic carbocycles. The van der Waals surface area contributed by atoms with Gasteiger partial charge in [-0.1, -0.05) is 23.2 Å². The van der Waals surface area contributed by atoms with Gasteiger partial charge in [0.05, 0.1) is 17.6 Å². The lowest BCUT2D eigenvalue weighted by Gasteiger charge is -2.41. The Morgan fingerprint density at radius 2 is 1.92 bits per heavy atom. The van der Waals surface area contributed by atoms with Gasteiger partial charge in [-0.3, -0.25) is 4.98 Å². The fourth-order valence-electron chi connectivity index (χ4n) is 4.94. The van der Waals surface area contributed by atoms with Crippen molar-refractivity contribution in [2.24, 2.45) is 5.41 Å². The predicted molar refractivity (Wildman–Crippen MR) is 148 cm³/mol. The number of aliphatic hydroxyl groups excluding tert-OH is 1. The Kier molecular flexibility index (Phi) is 9.76. The highest BCUT2D eigenvalue weighted by Crippen LogP contribution is 2.42. The maximum absolute atomic E-state index is 15.6. The number of benzene rings is 2. The molecular formula is C28H33Cl2FN2O2S. The van der Waals surface area contributed by atoms with Gasteiger partial charge in [0.2, 0.25) is 0 Å². The van der Waals surface area contributed by atoms with Gasteiger partial charge in [0.1, 0.15) is 11.9 Å². The Bertz CT molecular complexity index is 1140. The van der Waals surface area contributed by atoms with E-state index in [1.807, 2.05) is 36.0 Å². The number of thioether (sulfide) groups is 1. The van der Waals surface area contributed by atoms with Crippen molar-refractivity contribution in [3.05, 3.63) is 64.3 Å². The number of ether oxygens (including phenoxy) is 1. The molecule has 1 N–H and O–H groups in total. The number of methoxy groups -OCH3 is 1. The predicted octanol–water partition coefficient (Wildman–Crippen LogP) is 7.60. The molecule has 1 saturated heterocycles. The van der Waals surface area contributed by atoms with Crippen LogP contribution in [0.15, 0.2) is 53.6 Å². The monoisotopic (exact) mass is 550 g/mol. The van der Waals surface area contributed by atoms with Crippen molar-refractivity contribution in [2.45, 2.75) is 43.2 Å². The lowest BCUT2D eigenvalue weighted by atomic mass is 9.74. The summed E-state index contributed by atoms with van der Waals surface area (Å²) >= 11 is 14.2. The maximum Gasteiger partial charge on any atom is 0.127 e. The number of alkyl halides is 1. The van der Waals surface area contributed by atoms with Gasteiger partial charge in [0.25, 0.3) is 0 Å². The van der Waals surface area contributed by atoms with E-state index in [0.29, 0.717) is 40.1 Å². The van der Waals surface area contributed by atoms with Crippen LogP contribution < -0.4 is 4.74 Å². The summed E-state index contributed by atoms with van der Waals surface area (Å²) in [6.45, 7) is 2.98. The van der Waals surface area contributed by atoms with E-state index in [1.165, 1.54) is 11.1 Å². The van der Waals surface area contributed by atoms with Crippen LogP contribution in [0.1, 0.15) is 43.8 Å². The number of aromatic nitrogens is 1. The zero-order chi connectivity index (χ0) is 25.5. The third-order valence-electron chi connectivity index (χ3n) is 7.26. The summed E-state index contributed by atoms with van der Waals surface area (Å²) in [5.41, 5.74) is 0.910. The second kappa shape index (κ2) is 12.8. The molecule has 1 aromatic heterocycles. The molecule has 0 radical (unpaired) electrons. The lowest BCUT2D eigenvalue weighted by Crippen LogP contribution is -2.42. The van der Waals surface area contributed by atoms with Gasteiger partial charge in [0, 0.05) is 33.7 Å². The average molecular weight is 552 g/mol. The van der Waals surface area contributed by atoms with E-state index < -0.39 is 6.17 Å². The number of aliphatic hydroxyl groups is 1. The molecule has 2 aromatic carbocycles. The Morgan fingerprint density at radius 1 is 1.17 bits per heavy atom. The molecule has 1 aliphatic heterocycles. The summed E-state index contributed by atoms with van der Waals surface area (Å²) < 4.78 is 20.9. The zero-order valence-corrected chi connectivity index (χ0v) is 22.9. The van der Waals surface area contributed by atoms with E-state index in [4.69, 9.17) is 27.9 Å². The third kappa shape index (κ3) is 6.84. The molecule has 1 aliphatic rings. The Labute approximate surface area is 227 Å². The third-order valence-corrected chi connectivity index (χ3v) is 8.91. The van der Waals surface area contributed by atoms with E-state index >= 15 is 4.39 Å². The summed E-state index contributed by atoms with van der Waals surface area (Å²) in [6.07, 6.45) is 4.07. The minimum atomic E-state index is -1.23. The van der Waals surface area contributed by atoms with Crippen molar-refractivity contribution < 1.29 is 14.2 Å². The van der Waals surface area contributed by atoms with Gasteiger partial charge < -0.3 is 14.7 Å². The van der Waals surface area contributed by atoms with Gasteiger partial charge in [-0.15, -0.1) is 11.8 Å². The van der Waals surface area contributed by atoms with Gasteiger partial charge in [-0.25, -0.2) is 4.39 Å². The van der Waals surface area contributed by atoms with Crippen molar-refractivity contribution in [3.63, 3.8) is 0 Å². The first-order valence-corrected chi connectivity index (χ1v) is 14.1. The SMILES string of the molecule is COc1ccc2ncc(Cl)c(C(F)CCC3(CO)CCN(CCCSc4ccc(Cl)cc4)CC3)c2c1. The number of piperidine rings is 1. The Hall–Kier alpha value is -1.57.